The maximum atomic E-state index is 14.1. The lowest BCUT2D eigenvalue weighted by Crippen LogP contribution is -2.55. The van der Waals surface area contributed by atoms with Crippen LogP contribution in [0.5, 0.6) is 23.0 Å². The van der Waals surface area contributed by atoms with Gasteiger partial charge in [0.05, 0.1) is 32.3 Å². The quantitative estimate of drug-likeness (QED) is 0.169. The van der Waals surface area contributed by atoms with E-state index in [2.05, 4.69) is 12.2 Å². The van der Waals surface area contributed by atoms with E-state index in [0.29, 0.717) is 46.1 Å². The van der Waals surface area contributed by atoms with Crippen molar-refractivity contribution in [2.45, 2.75) is 108 Å². The van der Waals surface area contributed by atoms with E-state index in [1.165, 1.54) is 39.2 Å². The Bertz CT molecular complexity index is 1440. The van der Waals surface area contributed by atoms with Crippen LogP contribution < -0.4 is 24.3 Å². The molecule has 2 amide bonds. The molecule has 4 atom stereocenters. The van der Waals surface area contributed by atoms with Gasteiger partial charge in [-0.3, -0.25) is 9.59 Å². The first-order valence-corrected chi connectivity index (χ1v) is 17.3. The van der Waals surface area contributed by atoms with Gasteiger partial charge in [-0.1, -0.05) is 64.4 Å². The van der Waals surface area contributed by atoms with E-state index in [-0.39, 0.29) is 39.0 Å². The topological polar surface area (TPSA) is 147 Å². The van der Waals surface area contributed by atoms with Gasteiger partial charge in [-0.15, -0.1) is 0 Å². The van der Waals surface area contributed by atoms with Crippen molar-refractivity contribution in [1.29, 1.82) is 0 Å². The van der Waals surface area contributed by atoms with E-state index in [1.54, 1.807) is 29.2 Å². The van der Waals surface area contributed by atoms with Crippen LogP contribution in [0.25, 0.3) is 0 Å². The summed E-state index contributed by atoms with van der Waals surface area (Å²) in [5.41, 5.74) is 2.28. The molecule has 1 aliphatic carbocycles. The van der Waals surface area contributed by atoms with Gasteiger partial charge in [0.25, 0.3) is 0 Å². The molecule has 0 saturated carbocycles. The smallest absolute Gasteiger partial charge is 0.247 e. The lowest BCUT2D eigenvalue weighted by atomic mass is 9.77. The molecule has 2 heterocycles. The zero-order valence-electron chi connectivity index (χ0n) is 28.1. The van der Waals surface area contributed by atoms with Crippen LogP contribution in [-0.2, 0) is 22.7 Å². The molecule has 0 saturated heterocycles. The summed E-state index contributed by atoms with van der Waals surface area (Å²) in [6.45, 7) is 2.04. The minimum atomic E-state index is -1.19. The number of methoxy groups -OCH3 is 1. The van der Waals surface area contributed by atoms with Gasteiger partial charge in [0, 0.05) is 30.6 Å². The second kappa shape index (κ2) is 17.0. The molecule has 0 radical (unpaired) electrons. The molecule has 0 fully saturated rings. The van der Waals surface area contributed by atoms with Gasteiger partial charge < -0.3 is 44.5 Å². The second-order valence-electron chi connectivity index (χ2n) is 12.8. The molecule has 11 nitrogen and oxygen atoms in total. The van der Waals surface area contributed by atoms with E-state index in [9.17, 15) is 24.9 Å². The predicted octanol–water partition coefficient (Wildman–Crippen LogP) is 4.49. The molecule has 0 aromatic heterocycles. The number of nitrogens with zero attached hydrogens (tertiary/aromatic N) is 1. The number of aliphatic hydroxyl groups excluding tert-OH is 3. The van der Waals surface area contributed by atoms with E-state index in [1.807, 2.05) is 12.1 Å². The highest BCUT2D eigenvalue weighted by Gasteiger charge is 2.51. The summed E-state index contributed by atoms with van der Waals surface area (Å²) < 4.78 is 23.0. The van der Waals surface area contributed by atoms with Gasteiger partial charge in [-0.05, 0) is 47.9 Å². The molecule has 5 rings (SSSR count). The van der Waals surface area contributed by atoms with Crippen molar-refractivity contribution >= 4 is 11.8 Å². The number of carbonyl (C=O) groups is 2. The number of hydrogen-bond acceptors (Lipinski definition) is 9. The van der Waals surface area contributed by atoms with Crippen LogP contribution >= 0.6 is 0 Å². The third-order valence-electron chi connectivity index (χ3n) is 9.46. The number of benzene rings is 2. The third kappa shape index (κ3) is 8.07. The van der Waals surface area contributed by atoms with Gasteiger partial charge >= 0.3 is 0 Å². The zero-order valence-corrected chi connectivity index (χ0v) is 28.1. The number of rotatable bonds is 18. The second-order valence-corrected chi connectivity index (χ2v) is 12.8. The number of carbonyl (C=O) groups excluding carboxylic acids is 2. The standard InChI is InChI=1S/C37H50N2O9/c1-3-4-5-6-7-8-9-10-11-12-32(42)39(21-24-13-14-29-30(18-24)47-23-46-29)28-20-27(37(44)38-15-16-40)33-26-17-25(22-41)19-31(45-2)35(26)48-36(33)34(28)43/h13-14,17-20,28,33-34,36,40-41,43H,3-12,15-16,21-23H2,1-2H3,(H,38,44)/t28-,33+,34+,36+/m1/s1. The van der Waals surface area contributed by atoms with Gasteiger partial charge in [0.1, 0.15) is 12.2 Å². The van der Waals surface area contributed by atoms with Crippen LogP contribution in [-0.4, -0.2) is 77.3 Å². The molecule has 4 N–H and O–H groups in total. The van der Waals surface area contributed by atoms with Crippen LogP contribution in [0.2, 0.25) is 0 Å². The Labute approximate surface area is 282 Å². The molecular weight excluding hydrogens is 616 g/mol. The van der Waals surface area contributed by atoms with Gasteiger partial charge in [0.15, 0.2) is 23.0 Å². The van der Waals surface area contributed by atoms with Crippen LogP contribution in [0.1, 0.15) is 93.7 Å². The SMILES string of the molecule is CCCCCCCCCCCC(=O)N(Cc1ccc2c(c1)OCO2)[C@@H]1C=C(C(=O)NCCO)[C@@H]2c3cc(CO)cc(OC)c3O[C@@H]2[C@H]1O. The van der Waals surface area contributed by atoms with Crippen molar-refractivity contribution in [1.82, 2.24) is 10.2 Å². The van der Waals surface area contributed by atoms with E-state index < -0.39 is 30.1 Å². The maximum absolute atomic E-state index is 14.1. The number of aliphatic hydroxyl groups is 3. The first-order chi connectivity index (χ1) is 23.4. The largest absolute Gasteiger partial charge is 0.493 e. The van der Waals surface area contributed by atoms with Crippen molar-refractivity contribution in [3.8, 4) is 23.0 Å². The summed E-state index contributed by atoms with van der Waals surface area (Å²) in [6, 6.07) is 8.03. The van der Waals surface area contributed by atoms with Crippen molar-refractivity contribution in [3.05, 3.63) is 58.7 Å². The Balaban J connectivity index is 1.42. The highest BCUT2D eigenvalue weighted by Crippen LogP contribution is 2.51. The summed E-state index contributed by atoms with van der Waals surface area (Å²) in [6.07, 6.45) is 9.95. The molecule has 2 aromatic rings. The van der Waals surface area contributed by atoms with Gasteiger partial charge in [0.2, 0.25) is 18.6 Å². The number of fused-ring (bicyclic) bond motifs is 4. The molecule has 11 heteroatoms. The van der Waals surface area contributed by atoms with Gasteiger partial charge in [-0.2, -0.15) is 0 Å². The summed E-state index contributed by atoms with van der Waals surface area (Å²) in [5, 5.41) is 34.1. The predicted molar refractivity (Wildman–Crippen MR) is 179 cm³/mol. The number of nitrogens with one attached hydrogen (secondary N) is 1. The Morgan fingerprint density at radius 2 is 1.69 bits per heavy atom. The van der Waals surface area contributed by atoms with E-state index >= 15 is 0 Å². The minimum Gasteiger partial charge on any atom is -0.493 e. The van der Waals surface area contributed by atoms with Crippen molar-refractivity contribution < 1.29 is 43.9 Å². The lowest BCUT2D eigenvalue weighted by Gasteiger charge is -2.41. The third-order valence-corrected chi connectivity index (χ3v) is 9.46. The summed E-state index contributed by atoms with van der Waals surface area (Å²) >= 11 is 0. The van der Waals surface area contributed by atoms with E-state index in [4.69, 9.17) is 18.9 Å². The fraction of sp³-hybridized carbons (Fsp3) is 0.568. The fourth-order valence-electron chi connectivity index (χ4n) is 6.95. The molecule has 2 aliphatic heterocycles. The monoisotopic (exact) mass is 666 g/mol. The van der Waals surface area contributed by atoms with Gasteiger partial charge in [-0.25, -0.2) is 0 Å². The first-order valence-electron chi connectivity index (χ1n) is 17.3. The zero-order chi connectivity index (χ0) is 34.0. The normalized spacial score (nSPS) is 20.4. The van der Waals surface area contributed by atoms with E-state index in [0.717, 1.165) is 31.2 Å². The summed E-state index contributed by atoms with van der Waals surface area (Å²) in [5.74, 6) is 0.713. The highest BCUT2D eigenvalue weighted by molar-refractivity contribution is 5.96. The average molecular weight is 667 g/mol. The molecule has 262 valence electrons. The molecule has 0 bridgehead atoms. The van der Waals surface area contributed by atoms with Crippen LogP contribution in [0.15, 0.2) is 42.0 Å². The Morgan fingerprint density at radius 3 is 2.40 bits per heavy atom. The number of amides is 2. The average Bonchev–Trinajstić information content (AvgIpc) is 3.73. The summed E-state index contributed by atoms with van der Waals surface area (Å²) in [7, 11) is 1.49. The molecule has 0 unspecified atom stereocenters. The molecule has 3 aliphatic rings. The molecular formula is C37H50N2O9. The van der Waals surface area contributed by atoms with Crippen LogP contribution in [0.4, 0.5) is 0 Å². The Kier molecular flexibility index (Phi) is 12.6. The highest BCUT2D eigenvalue weighted by atomic mass is 16.7. The number of unbranched alkanes of at least 4 members (excludes halogenated alkanes) is 8. The van der Waals surface area contributed by atoms with Crippen LogP contribution in [0.3, 0.4) is 0 Å². The summed E-state index contributed by atoms with van der Waals surface area (Å²) in [4.78, 5) is 29.4. The lowest BCUT2D eigenvalue weighted by molar-refractivity contribution is -0.138. The van der Waals surface area contributed by atoms with Crippen molar-refractivity contribution in [2.24, 2.45) is 0 Å². The number of hydrogen-bond donors (Lipinski definition) is 4. The maximum Gasteiger partial charge on any atom is 0.247 e. The minimum absolute atomic E-state index is 0.0347. The fourth-order valence-corrected chi connectivity index (χ4v) is 6.95. The van der Waals surface area contributed by atoms with Crippen molar-refractivity contribution in [2.75, 3.05) is 27.1 Å². The van der Waals surface area contributed by atoms with Crippen molar-refractivity contribution in [3.63, 3.8) is 0 Å². The Hall–Kier alpha value is -3.80. The Morgan fingerprint density at radius 1 is 0.958 bits per heavy atom. The molecule has 48 heavy (non-hydrogen) atoms. The first kappa shape index (κ1) is 35.5. The molecule has 2 aromatic carbocycles. The number of ether oxygens (including phenoxy) is 4. The molecule has 0 spiro atoms. The van der Waals surface area contributed by atoms with Crippen LogP contribution in [0, 0.1) is 0 Å².